The molecule has 1 atom stereocenters. The van der Waals surface area contributed by atoms with E-state index in [4.69, 9.17) is 19.7 Å². The van der Waals surface area contributed by atoms with E-state index in [9.17, 15) is 9.59 Å². The van der Waals surface area contributed by atoms with Crippen LogP contribution in [-0.4, -0.2) is 35.5 Å². The van der Waals surface area contributed by atoms with Crippen LogP contribution in [0.15, 0.2) is 18.2 Å². The molecule has 1 unspecified atom stereocenters. The fraction of sp³-hybridized carbons (Fsp3) is 0.333. The second-order valence-electron chi connectivity index (χ2n) is 3.98. The minimum Gasteiger partial charge on any atom is -0.481 e. The van der Waals surface area contributed by atoms with Gasteiger partial charge in [-0.3, -0.25) is 9.59 Å². The molecular weight excluding hydrogens is 254 g/mol. The van der Waals surface area contributed by atoms with Gasteiger partial charge in [-0.2, -0.15) is 0 Å². The van der Waals surface area contributed by atoms with E-state index < -0.39 is 18.0 Å². The molecule has 0 saturated heterocycles. The predicted octanol–water partition coefficient (Wildman–Crippen LogP) is 0.605. The standard InChI is InChI=1S/C12H13NO6/c14-10(15)3-4-13-11(12(16)17)7-1-2-8-9(5-7)19-6-18-8/h1-2,5,11,13H,3-4,6H2,(H,14,15)(H,16,17). The van der Waals surface area contributed by atoms with Crippen LogP contribution in [0, 0.1) is 0 Å². The molecule has 0 amide bonds. The molecule has 0 spiro atoms. The summed E-state index contributed by atoms with van der Waals surface area (Å²) in [6.07, 6.45) is -0.145. The Hall–Kier alpha value is -2.28. The van der Waals surface area contributed by atoms with Crippen LogP contribution in [0.25, 0.3) is 0 Å². The molecule has 102 valence electrons. The number of fused-ring (bicyclic) bond motifs is 1. The van der Waals surface area contributed by atoms with Crippen molar-refractivity contribution in [1.82, 2.24) is 5.32 Å². The summed E-state index contributed by atoms with van der Waals surface area (Å²) in [4.78, 5) is 21.6. The molecule has 1 aromatic rings. The fourth-order valence-corrected chi connectivity index (χ4v) is 1.76. The van der Waals surface area contributed by atoms with E-state index in [1.54, 1.807) is 18.2 Å². The largest absolute Gasteiger partial charge is 0.481 e. The normalized spacial score (nSPS) is 14.1. The van der Waals surface area contributed by atoms with Crippen molar-refractivity contribution in [3.8, 4) is 11.5 Å². The molecule has 7 nitrogen and oxygen atoms in total. The molecule has 2 rings (SSSR count). The summed E-state index contributed by atoms with van der Waals surface area (Å²) in [5.41, 5.74) is 0.488. The lowest BCUT2D eigenvalue weighted by molar-refractivity contribution is -0.141. The van der Waals surface area contributed by atoms with Crippen LogP contribution in [0.5, 0.6) is 11.5 Å². The van der Waals surface area contributed by atoms with Crippen molar-refractivity contribution in [3.63, 3.8) is 0 Å². The van der Waals surface area contributed by atoms with Crippen molar-refractivity contribution in [3.05, 3.63) is 23.8 Å². The molecule has 0 aliphatic carbocycles. The van der Waals surface area contributed by atoms with Gasteiger partial charge in [0.05, 0.1) is 6.42 Å². The highest BCUT2D eigenvalue weighted by molar-refractivity contribution is 5.76. The molecular formula is C12H13NO6. The van der Waals surface area contributed by atoms with E-state index in [1.807, 2.05) is 0 Å². The average Bonchev–Trinajstić information content (AvgIpc) is 2.80. The van der Waals surface area contributed by atoms with Crippen LogP contribution in [0.3, 0.4) is 0 Å². The Kier molecular flexibility index (Phi) is 3.86. The molecule has 0 fully saturated rings. The van der Waals surface area contributed by atoms with E-state index in [-0.39, 0.29) is 19.8 Å². The van der Waals surface area contributed by atoms with Gasteiger partial charge in [0.15, 0.2) is 11.5 Å². The number of carboxylic acids is 2. The highest BCUT2D eigenvalue weighted by atomic mass is 16.7. The first kappa shape index (κ1) is 13.2. The van der Waals surface area contributed by atoms with E-state index in [2.05, 4.69) is 5.32 Å². The zero-order chi connectivity index (χ0) is 13.8. The van der Waals surface area contributed by atoms with Crippen molar-refractivity contribution >= 4 is 11.9 Å². The molecule has 0 aromatic heterocycles. The smallest absolute Gasteiger partial charge is 0.325 e. The van der Waals surface area contributed by atoms with E-state index >= 15 is 0 Å². The van der Waals surface area contributed by atoms with Gasteiger partial charge in [-0.25, -0.2) is 0 Å². The van der Waals surface area contributed by atoms with Crippen molar-refractivity contribution in [2.45, 2.75) is 12.5 Å². The van der Waals surface area contributed by atoms with Gasteiger partial charge in [0.2, 0.25) is 6.79 Å². The second-order valence-corrected chi connectivity index (χ2v) is 3.98. The zero-order valence-corrected chi connectivity index (χ0v) is 9.96. The van der Waals surface area contributed by atoms with E-state index in [0.29, 0.717) is 17.1 Å². The van der Waals surface area contributed by atoms with E-state index in [0.717, 1.165) is 0 Å². The van der Waals surface area contributed by atoms with E-state index in [1.165, 1.54) is 0 Å². The van der Waals surface area contributed by atoms with Crippen molar-refractivity contribution < 1.29 is 29.3 Å². The van der Waals surface area contributed by atoms with Gasteiger partial charge in [-0.05, 0) is 17.7 Å². The van der Waals surface area contributed by atoms with Crippen LogP contribution < -0.4 is 14.8 Å². The maximum Gasteiger partial charge on any atom is 0.325 e. The molecule has 1 aliphatic rings. The Morgan fingerprint density at radius 2 is 2.00 bits per heavy atom. The second kappa shape index (κ2) is 5.57. The lowest BCUT2D eigenvalue weighted by atomic mass is 10.1. The first-order valence-electron chi connectivity index (χ1n) is 5.65. The Balaban J connectivity index is 2.10. The SMILES string of the molecule is O=C(O)CCNC(C(=O)O)c1ccc2c(c1)OCO2. The minimum absolute atomic E-state index is 0.0702. The summed E-state index contributed by atoms with van der Waals surface area (Å²) in [6, 6.07) is 3.84. The van der Waals surface area contributed by atoms with Crippen LogP contribution >= 0.6 is 0 Å². The number of carboxylic acid groups (broad SMARTS) is 2. The summed E-state index contributed by atoms with van der Waals surface area (Å²) in [5, 5.41) is 20.4. The number of hydrogen-bond donors (Lipinski definition) is 3. The van der Waals surface area contributed by atoms with Gasteiger partial charge in [0, 0.05) is 6.54 Å². The zero-order valence-electron chi connectivity index (χ0n) is 9.96. The Morgan fingerprint density at radius 3 is 2.68 bits per heavy atom. The molecule has 1 aromatic carbocycles. The Labute approximate surface area is 108 Å². The van der Waals surface area contributed by atoms with Gasteiger partial charge < -0.3 is 25.0 Å². The molecule has 7 heteroatoms. The van der Waals surface area contributed by atoms with Crippen LogP contribution in [0.1, 0.15) is 18.0 Å². The molecule has 0 radical (unpaired) electrons. The maximum atomic E-state index is 11.2. The molecule has 0 bridgehead atoms. The van der Waals surface area contributed by atoms with Gasteiger partial charge in [0.1, 0.15) is 6.04 Å². The first-order chi connectivity index (χ1) is 9.08. The number of rotatable bonds is 6. The number of ether oxygens (including phenoxy) is 2. The molecule has 3 N–H and O–H groups in total. The number of aliphatic carboxylic acids is 2. The van der Waals surface area contributed by atoms with Crippen LogP contribution in [0.2, 0.25) is 0 Å². The third-order valence-corrected chi connectivity index (χ3v) is 2.66. The summed E-state index contributed by atoms with van der Waals surface area (Å²) >= 11 is 0. The van der Waals surface area contributed by atoms with Gasteiger partial charge >= 0.3 is 11.9 Å². The lowest BCUT2D eigenvalue weighted by Gasteiger charge is -2.14. The lowest BCUT2D eigenvalue weighted by Crippen LogP contribution is -2.30. The number of benzene rings is 1. The number of nitrogens with one attached hydrogen (secondary N) is 1. The maximum absolute atomic E-state index is 11.2. The average molecular weight is 267 g/mol. The monoisotopic (exact) mass is 267 g/mol. The highest BCUT2D eigenvalue weighted by Gasteiger charge is 2.22. The quantitative estimate of drug-likeness (QED) is 0.693. The summed E-state index contributed by atoms with van der Waals surface area (Å²) in [5.74, 6) is -1.01. The molecule has 1 heterocycles. The summed E-state index contributed by atoms with van der Waals surface area (Å²) in [6.45, 7) is 0.184. The summed E-state index contributed by atoms with van der Waals surface area (Å²) < 4.78 is 10.3. The topological polar surface area (TPSA) is 105 Å². The number of hydrogen-bond acceptors (Lipinski definition) is 5. The number of carbonyl (C=O) groups is 2. The van der Waals surface area contributed by atoms with Gasteiger partial charge in [-0.1, -0.05) is 6.07 Å². The Morgan fingerprint density at radius 1 is 1.26 bits per heavy atom. The highest BCUT2D eigenvalue weighted by Crippen LogP contribution is 2.34. The predicted molar refractivity (Wildman–Crippen MR) is 63.2 cm³/mol. The third-order valence-electron chi connectivity index (χ3n) is 2.66. The van der Waals surface area contributed by atoms with Crippen LogP contribution in [-0.2, 0) is 9.59 Å². The molecule has 0 saturated carbocycles. The molecule has 1 aliphatic heterocycles. The summed E-state index contributed by atoms with van der Waals surface area (Å²) in [7, 11) is 0. The van der Waals surface area contributed by atoms with Gasteiger partial charge in [0.25, 0.3) is 0 Å². The minimum atomic E-state index is -1.08. The third kappa shape index (κ3) is 3.14. The Bertz CT molecular complexity index is 501. The van der Waals surface area contributed by atoms with Gasteiger partial charge in [-0.15, -0.1) is 0 Å². The van der Waals surface area contributed by atoms with Crippen molar-refractivity contribution in [2.24, 2.45) is 0 Å². The molecule has 19 heavy (non-hydrogen) atoms. The van der Waals surface area contributed by atoms with Crippen molar-refractivity contribution in [1.29, 1.82) is 0 Å². The van der Waals surface area contributed by atoms with Crippen molar-refractivity contribution in [2.75, 3.05) is 13.3 Å². The fourth-order valence-electron chi connectivity index (χ4n) is 1.76. The van der Waals surface area contributed by atoms with Crippen LogP contribution in [0.4, 0.5) is 0 Å². The first-order valence-corrected chi connectivity index (χ1v) is 5.65.